The lowest BCUT2D eigenvalue weighted by molar-refractivity contribution is -0.139. The standard InChI is InChI=1S/C16H32N2O3/c1-6-11(4)12(5)13(8-15(19)20)9-18-16(21)14(17)7-10(2)3/h10-14H,6-9,17H2,1-5H3,(H,18,21)(H,19,20)/t11-,12-,13+,14+/m1/s1. The number of hydrogen-bond acceptors (Lipinski definition) is 3. The SMILES string of the molecule is CC[C@@H](C)[C@@H](C)[C@H](CNC(=O)[C@@H](N)CC(C)C)CC(=O)O. The fourth-order valence-electron chi connectivity index (χ4n) is 2.48. The quantitative estimate of drug-likeness (QED) is 0.577. The summed E-state index contributed by atoms with van der Waals surface area (Å²) in [6, 6.07) is -0.519. The molecule has 5 nitrogen and oxygen atoms in total. The highest BCUT2D eigenvalue weighted by Gasteiger charge is 2.25. The van der Waals surface area contributed by atoms with Crippen LogP contribution in [0.3, 0.4) is 0 Å². The van der Waals surface area contributed by atoms with E-state index < -0.39 is 12.0 Å². The largest absolute Gasteiger partial charge is 0.481 e. The van der Waals surface area contributed by atoms with Gasteiger partial charge in [0.25, 0.3) is 0 Å². The molecule has 0 saturated heterocycles. The molecule has 21 heavy (non-hydrogen) atoms. The molecule has 0 aromatic carbocycles. The van der Waals surface area contributed by atoms with Gasteiger partial charge in [0.15, 0.2) is 0 Å². The van der Waals surface area contributed by atoms with Crippen LogP contribution >= 0.6 is 0 Å². The van der Waals surface area contributed by atoms with E-state index in [1.165, 1.54) is 0 Å². The molecule has 0 aliphatic rings. The minimum Gasteiger partial charge on any atom is -0.481 e. The number of carboxylic acid groups (broad SMARTS) is 1. The number of hydrogen-bond donors (Lipinski definition) is 3. The Morgan fingerprint density at radius 2 is 1.76 bits per heavy atom. The summed E-state index contributed by atoms with van der Waals surface area (Å²) in [4.78, 5) is 23.0. The van der Waals surface area contributed by atoms with Crippen molar-refractivity contribution in [3.63, 3.8) is 0 Å². The average molecular weight is 300 g/mol. The first-order valence-electron chi connectivity index (χ1n) is 7.94. The third-order valence-electron chi connectivity index (χ3n) is 4.32. The van der Waals surface area contributed by atoms with Gasteiger partial charge in [0.1, 0.15) is 0 Å². The van der Waals surface area contributed by atoms with E-state index in [0.29, 0.717) is 24.8 Å². The Labute approximate surface area is 128 Å². The van der Waals surface area contributed by atoms with Gasteiger partial charge >= 0.3 is 5.97 Å². The van der Waals surface area contributed by atoms with Gasteiger partial charge in [0, 0.05) is 6.54 Å². The van der Waals surface area contributed by atoms with Crippen LogP contribution in [0.4, 0.5) is 0 Å². The first-order chi connectivity index (χ1) is 9.68. The van der Waals surface area contributed by atoms with E-state index in [0.717, 1.165) is 6.42 Å². The lowest BCUT2D eigenvalue weighted by Crippen LogP contribution is -2.44. The van der Waals surface area contributed by atoms with Gasteiger partial charge in [-0.2, -0.15) is 0 Å². The fourth-order valence-corrected chi connectivity index (χ4v) is 2.48. The summed E-state index contributed by atoms with van der Waals surface area (Å²) in [7, 11) is 0. The summed E-state index contributed by atoms with van der Waals surface area (Å²) >= 11 is 0. The summed E-state index contributed by atoms with van der Waals surface area (Å²) in [6.45, 7) is 10.7. The molecule has 0 fully saturated rings. The van der Waals surface area contributed by atoms with Gasteiger partial charge in [-0.15, -0.1) is 0 Å². The van der Waals surface area contributed by atoms with Gasteiger partial charge in [0.05, 0.1) is 12.5 Å². The maximum atomic E-state index is 11.9. The molecule has 0 aromatic heterocycles. The lowest BCUT2D eigenvalue weighted by atomic mass is 9.80. The minimum absolute atomic E-state index is 0.0624. The number of carboxylic acids is 1. The third-order valence-corrected chi connectivity index (χ3v) is 4.32. The zero-order valence-electron chi connectivity index (χ0n) is 14.1. The van der Waals surface area contributed by atoms with Crippen LogP contribution in [-0.2, 0) is 9.59 Å². The van der Waals surface area contributed by atoms with E-state index in [1.807, 2.05) is 13.8 Å². The Morgan fingerprint density at radius 1 is 1.19 bits per heavy atom. The molecule has 0 spiro atoms. The van der Waals surface area contributed by atoms with Crippen molar-refractivity contribution in [2.45, 2.75) is 59.9 Å². The molecule has 0 heterocycles. The Morgan fingerprint density at radius 3 is 2.19 bits per heavy atom. The molecule has 0 unspecified atom stereocenters. The second-order valence-electron chi connectivity index (χ2n) is 6.58. The second-order valence-corrected chi connectivity index (χ2v) is 6.58. The molecule has 0 aliphatic carbocycles. The molecule has 0 aliphatic heterocycles. The van der Waals surface area contributed by atoms with Crippen LogP contribution in [0.5, 0.6) is 0 Å². The Bertz CT molecular complexity index is 331. The molecule has 5 heteroatoms. The first-order valence-corrected chi connectivity index (χ1v) is 7.94. The molecule has 4 N–H and O–H groups in total. The van der Waals surface area contributed by atoms with Crippen LogP contribution < -0.4 is 11.1 Å². The minimum atomic E-state index is -0.823. The number of carbonyl (C=O) groups is 2. The number of nitrogens with two attached hydrogens (primary N) is 1. The predicted octanol–water partition coefficient (Wildman–Crippen LogP) is 2.25. The molecule has 0 radical (unpaired) electrons. The summed E-state index contributed by atoms with van der Waals surface area (Å²) in [5.41, 5.74) is 5.84. The van der Waals surface area contributed by atoms with E-state index in [2.05, 4.69) is 26.1 Å². The van der Waals surface area contributed by atoms with Crippen LogP contribution in [-0.4, -0.2) is 29.6 Å². The van der Waals surface area contributed by atoms with Crippen molar-refractivity contribution < 1.29 is 14.7 Å². The van der Waals surface area contributed by atoms with Crippen LogP contribution in [0.15, 0.2) is 0 Å². The molecule has 0 bridgehead atoms. The number of carbonyl (C=O) groups excluding carboxylic acids is 1. The third kappa shape index (κ3) is 8.05. The van der Waals surface area contributed by atoms with Crippen LogP contribution in [0.2, 0.25) is 0 Å². The molecular weight excluding hydrogens is 268 g/mol. The van der Waals surface area contributed by atoms with Gasteiger partial charge in [-0.25, -0.2) is 0 Å². The smallest absolute Gasteiger partial charge is 0.303 e. The highest BCUT2D eigenvalue weighted by Crippen LogP contribution is 2.25. The van der Waals surface area contributed by atoms with E-state index in [-0.39, 0.29) is 24.2 Å². The van der Waals surface area contributed by atoms with E-state index >= 15 is 0 Å². The Balaban J connectivity index is 4.54. The van der Waals surface area contributed by atoms with Gasteiger partial charge in [-0.3, -0.25) is 9.59 Å². The van der Waals surface area contributed by atoms with Crippen molar-refractivity contribution in [1.29, 1.82) is 0 Å². The molecule has 1 amide bonds. The fraction of sp³-hybridized carbons (Fsp3) is 0.875. The molecule has 4 atom stereocenters. The lowest BCUT2D eigenvalue weighted by Gasteiger charge is -2.28. The van der Waals surface area contributed by atoms with Gasteiger partial charge in [-0.1, -0.05) is 41.0 Å². The highest BCUT2D eigenvalue weighted by atomic mass is 16.4. The topological polar surface area (TPSA) is 92.4 Å². The summed E-state index contributed by atoms with van der Waals surface area (Å²) < 4.78 is 0. The molecule has 0 aromatic rings. The predicted molar refractivity (Wildman–Crippen MR) is 84.8 cm³/mol. The summed E-state index contributed by atoms with van der Waals surface area (Å²) in [5, 5.41) is 11.9. The van der Waals surface area contributed by atoms with Crippen LogP contribution in [0.25, 0.3) is 0 Å². The molecular formula is C16H32N2O3. The molecule has 0 saturated carbocycles. The number of rotatable bonds is 10. The zero-order valence-corrected chi connectivity index (χ0v) is 14.1. The van der Waals surface area contributed by atoms with Crippen molar-refractivity contribution in [2.75, 3.05) is 6.54 Å². The summed E-state index contributed by atoms with van der Waals surface area (Å²) in [6.07, 6.45) is 1.71. The van der Waals surface area contributed by atoms with E-state index in [4.69, 9.17) is 10.8 Å². The number of aliphatic carboxylic acids is 1. The van der Waals surface area contributed by atoms with Crippen molar-refractivity contribution >= 4 is 11.9 Å². The van der Waals surface area contributed by atoms with Crippen molar-refractivity contribution in [3.05, 3.63) is 0 Å². The second kappa shape index (κ2) is 9.77. The summed E-state index contributed by atoms with van der Waals surface area (Å²) in [5.74, 6) is -0.0399. The van der Waals surface area contributed by atoms with Crippen molar-refractivity contribution in [1.82, 2.24) is 5.32 Å². The first kappa shape index (κ1) is 19.9. The van der Waals surface area contributed by atoms with E-state index in [1.54, 1.807) is 0 Å². The Hall–Kier alpha value is -1.10. The van der Waals surface area contributed by atoms with Crippen LogP contribution in [0.1, 0.15) is 53.9 Å². The van der Waals surface area contributed by atoms with E-state index in [9.17, 15) is 9.59 Å². The average Bonchev–Trinajstić information content (AvgIpc) is 2.39. The number of nitrogens with one attached hydrogen (secondary N) is 1. The Kier molecular flexibility index (Phi) is 9.26. The maximum Gasteiger partial charge on any atom is 0.303 e. The normalized spacial score (nSPS) is 17.1. The highest BCUT2D eigenvalue weighted by molar-refractivity contribution is 5.81. The molecule has 124 valence electrons. The van der Waals surface area contributed by atoms with Gasteiger partial charge in [-0.05, 0) is 30.1 Å². The number of amides is 1. The van der Waals surface area contributed by atoms with Gasteiger partial charge < -0.3 is 16.2 Å². The molecule has 0 rings (SSSR count). The maximum absolute atomic E-state index is 11.9. The van der Waals surface area contributed by atoms with Gasteiger partial charge in [0.2, 0.25) is 5.91 Å². The van der Waals surface area contributed by atoms with Crippen molar-refractivity contribution in [2.24, 2.45) is 29.4 Å². The van der Waals surface area contributed by atoms with Crippen molar-refractivity contribution in [3.8, 4) is 0 Å². The van der Waals surface area contributed by atoms with Crippen LogP contribution in [0, 0.1) is 23.7 Å². The zero-order chi connectivity index (χ0) is 16.6. The monoisotopic (exact) mass is 300 g/mol.